The summed E-state index contributed by atoms with van der Waals surface area (Å²) in [5.74, 6) is -0.701. The van der Waals surface area contributed by atoms with Crippen molar-refractivity contribution in [2.24, 2.45) is 0 Å². The molecule has 2 N–H and O–H groups in total. The van der Waals surface area contributed by atoms with Crippen LogP contribution in [0.5, 0.6) is 11.5 Å². The third-order valence-electron chi connectivity index (χ3n) is 4.66. The van der Waals surface area contributed by atoms with Crippen molar-refractivity contribution in [3.63, 3.8) is 0 Å². The second-order valence-electron chi connectivity index (χ2n) is 6.85. The SMILES string of the molecule is [2H]C([2H])([2H])c1cccc(C([2H])([2H])[2H])c1NC(=O)CN1CCN(C([2H])([2H])C([2H])(O)C([2H])([2H])Oc2ccccc2OC)CC1. The van der Waals surface area contributed by atoms with Crippen molar-refractivity contribution in [2.75, 3.05) is 58.2 Å². The van der Waals surface area contributed by atoms with Crippen molar-refractivity contribution >= 4 is 11.6 Å². The van der Waals surface area contributed by atoms with Gasteiger partial charge >= 0.3 is 0 Å². The fourth-order valence-corrected chi connectivity index (χ4v) is 3.07. The van der Waals surface area contributed by atoms with E-state index in [1.165, 1.54) is 43.5 Å². The number of hydrogen-bond acceptors (Lipinski definition) is 6. The molecular formula is C24H33N3O4. The Morgan fingerprint density at radius 1 is 1.13 bits per heavy atom. The number of amides is 1. The van der Waals surface area contributed by atoms with Gasteiger partial charge in [0, 0.05) is 49.3 Å². The standard InChI is InChI=1S/C24H33N3O4/c1-18-7-6-8-19(2)24(18)25-23(29)16-27-13-11-26(12-14-27)15-20(28)17-31-22-10-5-4-9-21(22)30-3/h4-10,20,28H,11-17H2,1-3H3,(H,25,29)/i1D3,2D3,15D2,17D2,20D. The lowest BCUT2D eigenvalue weighted by Crippen LogP contribution is -2.50. The molecule has 168 valence electrons. The quantitative estimate of drug-likeness (QED) is 0.626. The van der Waals surface area contributed by atoms with E-state index in [-0.39, 0.29) is 61.0 Å². The fraction of sp³-hybridized carbons (Fsp3) is 0.458. The molecule has 1 amide bonds. The van der Waals surface area contributed by atoms with Crippen LogP contribution in [0.2, 0.25) is 0 Å². The van der Waals surface area contributed by atoms with E-state index in [1.54, 1.807) is 11.0 Å². The maximum Gasteiger partial charge on any atom is 0.238 e. The second-order valence-corrected chi connectivity index (χ2v) is 6.85. The molecule has 1 saturated heterocycles. The van der Waals surface area contributed by atoms with Crippen LogP contribution in [0, 0.1) is 13.7 Å². The zero-order valence-corrected chi connectivity index (χ0v) is 17.1. The highest BCUT2D eigenvalue weighted by Crippen LogP contribution is 2.25. The summed E-state index contributed by atoms with van der Waals surface area (Å²) in [6, 6.07) is 9.68. The molecule has 2 aromatic carbocycles. The molecule has 1 aliphatic heterocycles. The minimum absolute atomic E-state index is 0.0619. The summed E-state index contributed by atoms with van der Waals surface area (Å²) in [5, 5.41) is 13.3. The van der Waals surface area contributed by atoms with Crippen LogP contribution in [0.4, 0.5) is 5.69 Å². The van der Waals surface area contributed by atoms with Crippen LogP contribution in [-0.2, 0) is 4.79 Å². The van der Waals surface area contributed by atoms with Crippen LogP contribution in [-0.4, -0.2) is 79.8 Å². The zero-order valence-electron chi connectivity index (χ0n) is 28.1. The molecule has 1 aliphatic rings. The van der Waals surface area contributed by atoms with Gasteiger partial charge in [0.2, 0.25) is 5.91 Å². The highest BCUT2D eigenvalue weighted by atomic mass is 16.5. The summed E-state index contributed by atoms with van der Waals surface area (Å²) in [6.45, 7) is -11.9. The first-order chi connectivity index (χ1) is 19.2. The van der Waals surface area contributed by atoms with E-state index in [2.05, 4.69) is 5.32 Å². The Kier molecular flexibility index (Phi) is 4.47. The molecule has 0 aromatic heterocycles. The Morgan fingerprint density at radius 2 is 1.77 bits per heavy atom. The summed E-state index contributed by atoms with van der Waals surface area (Å²) >= 11 is 0. The van der Waals surface area contributed by atoms with Crippen LogP contribution < -0.4 is 14.8 Å². The van der Waals surface area contributed by atoms with E-state index in [0.717, 1.165) is 4.90 Å². The molecule has 3 rings (SSSR count). The number of para-hydroxylation sites is 3. The highest BCUT2D eigenvalue weighted by molar-refractivity contribution is 5.93. The summed E-state index contributed by atoms with van der Waals surface area (Å²) in [6.07, 6.45) is -3.41. The molecule has 31 heavy (non-hydrogen) atoms. The number of carbonyl (C=O) groups excluding carboxylic acids is 1. The zero-order chi connectivity index (χ0) is 31.7. The number of benzene rings is 2. The number of carbonyl (C=O) groups is 1. The number of aryl methyl sites for hydroxylation is 2. The van der Waals surface area contributed by atoms with Crippen LogP contribution in [0.15, 0.2) is 42.5 Å². The molecule has 0 saturated carbocycles. The minimum Gasteiger partial charge on any atom is -0.493 e. The maximum atomic E-state index is 12.9. The Labute approximate surface area is 200 Å². The maximum absolute atomic E-state index is 12.9. The summed E-state index contributed by atoms with van der Waals surface area (Å²) in [4.78, 5) is 15.5. The molecule has 7 nitrogen and oxygen atoms in total. The van der Waals surface area contributed by atoms with E-state index in [4.69, 9.17) is 24.6 Å². The smallest absolute Gasteiger partial charge is 0.238 e. The van der Waals surface area contributed by atoms with E-state index >= 15 is 0 Å². The van der Waals surface area contributed by atoms with Crippen LogP contribution in [0.25, 0.3) is 0 Å². The van der Waals surface area contributed by atoms with Crippen molar-refractivity contribution in [3.8, 4) is 11.5 Å². The molecule has 0 radical (unpaired) electrons. The number of β-amino-alcohol motifs (C(OH)–C–C–N with tert-alkyl or cyclic N) is 1. The first-order valence-electron chi connectivity index (χ1n) is 15.2. The number of hydrogen-bond donors (Lipinski definition) is 2. The average Bonchev–Trinajstić information content (AvgIpc) is 2.87. The van der Waals surface area contributed by atoms with Crippen molar-refractivity contribution < 1.29 is 34.5 Å². The van der Waals surface area contributed by atoms with Gasteiger partial charge in [-0.25, -0.2) is 0 Å². The molecular weight excluding hydrogens is 394 g/mol. The molecule has 1 fully saturated rings. The monoisotopic (exact) mass is 438 g/mol. The number of piperazine rings is 1. The Bertz CT molecular complexity index is 1230. The van der Waals surface area contributed by atoms with Crippen LogP contribution in [0.1, 0.15) is 26.2 Å². The molecule has 1 atom stereocenters. The van der Waals surface area contributed by atoms with E-state index in [9.17, 15) is 9.90 Å². The molecule has 0 bridgehead atoms. The number of methoxy groups -OCH3 is 1. The van der Waals surface area contributed by atoms with E-state index in [1.807, 2.05) is 0 Å². The van der Waals surface area contributed by atoms with Crippen molar-refractivity contribution in [1.29, 1.82) is 0 Å². The van der Waals surface area contributed by atoms with E-state index < -0.39 is 38.7 Å². The van der Waals surface area contributed by atoms with Gasteiger partial charge in [-0.15, -0.1) is 0 Å². The summed E-state index contributed by atoms with van der Waals surface area (Å²) in [7, 11) is 1.32. The van der Waals surface area contributed by atoms with Gasteiger partial charge in [-0.2, -0.15) is 0 Å². The van der Waals surface area contributed by atoms with Gasteiger partial charge < -0.3 is 19.9 Å². The van der Waals surface area contributed by atoms with Gasteiger partial charge in [-0.05, 0) is 37.0 Å². The predicted molar refractivity (Wildman–Crippen MR) is 122 cm³/mol. The fourth-order valence-electron chi connectivity index (χ4n) is 3.07. The first-order valence-corrected chi connectivity index (χ1v) is 9.68. The first kappa shape index (κ1) is 12.4. The lowest BCUT2D eigenvalue weighted by molar-refractivity contribution is -0.117. The van der Waals surface area contributed by atoms with Gasteiger partial charge in [0.05, 0.1) is 17.8 Å². The minimum atomic E-state index is -3.41. The number of anilines is 1. The van der Waals surface area contributed by atoms with Gasteiger partial charge in [-0.3, -0.25) is 14.6 Å². The number of aliphatic hydroxyl groups is 1. The average molecular weight is 439 g/mol. The number of ether oxygens (including phenoxy) is 2. The molecule has 0 aliphatic carbocycles. The third-order valence-corrected chi connectivity index (χ3v) is 4.66. The molecule has 1 heterocycles. The lowest BCUT2D eigenvalue weighted by atomic mass is 10.1. The van der Waals surface area contributed by atoms with Gasteiger partial charge in [0.25, 0.3) is 0 Å². The van der Waals surface area contributed by atoms with Gasteiger partial charge in [-0.1, -0.05) is 30.3 Å². The topological polar surface area (TPSA) is 74.3 Å². The van der Waals surface area contributed by atoms with E-state index in [0.29, 0.717) is 0 Å². The predicted octanol–water partition coefficient (Wildman–Crippen LogP) is 2.31. The second kappa shape index (κ2) is 11.1. The Balaban J connectivity index is 1.69. The van der Waals surface area contributed by atoms with Gasteiger partial charge in [0.15, 0.2) is 11.5 Å². The molecule has 7 heteroatoms. The Morgan fingerprint density at radius 3 is 2.42 bits per heavy atom. The summed E-state index contributed by atoms with van der Waals surface area (Å²) < 4.78 is 98.4. The molecule has 1 unspecified atom stereocenters. The number of nitrogens with one attached hydrogen (secondary N) is 1. The largest absolute Gasteiger partial charge is 0.493 e. The summed E-state index contributed by atoms with van der Waals surface area (Å²) in [5.41, 5.74) is -0.947. The van der Waals surface area contributed by atoms with Crippen molar-refractivity contribution in [3.05, 3.63) is 53.6 Å². The molecule has 0 spiro atoms. The van der Waals surface area contributed by atoms with Crippen molar-refractivity contribution in [2.45, 2.75) is 19.8 Å². The number of nitrogens with zero attached hydrogens (tertiary/aromatic N) is 2. The third kappa shape index (κ3) is 6.69. The van der Waals surface area contributed by atoms with Crippen LogP contribution >= 0.6 is 0 Å². The Hall–Kier alpha value is -2.61. The molecule has 2 aromatic rings. The normalized spacial score (nSPS) is 24.0. The van der Waals surface area contributed by atoms with Gasteiger partial charge in [0.1, 0.15) is 12.6 Å². The van der Waals surface area contributed by atoms with Crippen LogP contribution in [0.3, 0.4) is 0 Å². The highest BCUT2D eigenvalue weighted by Gasteiger charge is 2.21. The van der Waals surface area contributed by atoms with Crippen molar-refractivity contribution in [1.82, 2.24) is 9.80 Å². The lowest BCUT2D eigenvalue weighted by Gasteiger charge is -2.35. The number of rotatable bonds is 9.